The topological polar surface area (TPSA) is 53.1 Å². The van der Waals surface area contributed by atoms with Crippen LogP contribution in [0.2, 0.25) is 0 Å². The highest BCUT2D eigenvalue weighted by Crippen LogP contribution is 2.43. The van der Waals surface area contributed by atoms with Gasteiger partial charge in [-0.15, -0.1) is 0 Å². The van der Waals surface area contributed by atoms with E-state index in [-0.39, 0.29) is 17.4 Å². The van der Waals surface area contributed by atoms with E-state index in [1.165, 1.54) is 11.1 Å². The molecule has 2 aromatic rings. The first-order valence-electron chi connectivity index (χ1n) is 13.9. The van der Waals surface area contributed by atoms with Crippen molar-refractivity contribution in [1.82, 2.24) is 14.7 Å². The molecule has 1 spiro atoms. The molecule has 3 fully saturated rings. The van der Waals surface area contributed by atoms with Gasteiger partial charge in [0, 0.05) is 43.1 Å². The number of carbonyl (C=O) groups is 2. The molecule has 0 aromatic heterocycles. The van der Waals surface area contributed by atoms with Crippen LogP contribution >= 0.6 is 15.9 Å². The van der Waals surface area contributed by atoms with Crippen molar-refractivity contribution in [2.75, 3.05) is 39.3 Å². The van der Waals surface area contributed by atoms with Gasteiger partial charge in [-0.2, -0.15) is 0 Å². The Bertz CT molecular complexity index is 1120. The third-order valence-electron chi connectivity index (χ3n) is 8.51. The van der Waals surface area contributed by atoms with Crippen LogP contribution in [0.25, 0.3) is 0 Å². The maximum atomic E-state index is 13.5. The minimum absolute atomic E-state index is 0.205. The zero-order chi connectivity index (χ0) is 26.9. The lowest BCUT2D eigenvalue weighted by molar-refractivity contribution is -0.139. The molecule has 7 heteroatoms. The summed E-state index contributed by atoms with van der Waals surface area (Å²) in [6.45, 7) is 11.5. The molecule has 0 saturated carbocycles. The van der Waals surface area contributed by atoms with Gasteiger partial charge in [-0.05, 0) is 82.3 Å². The quantitative estimate of drug-likeness (QED) is 0.440. The van der Waals surface area contributed by atoms with Crippen LogP contribution < -0.4 is 0 Å². The normalized spacial score (nSPS) is 23.8. The summed E-state index contributed by atoms with van der Waals surface area (Å²) >= 11 is 3.49. The van der Waals surface area contributed by atoms with E-state index in [9.17, 15) is 9.59 Å². The van der Waals surface area contributed by atoms with Crippen molar-refractivity contribution in [2.24, 2.45) is 11.3 Å². The summed E-state index contributed by atoms with van der Waals surface area (Å²) in [7, 11) is 0. The molecule has 2 atom stereocenters. The van der Waals surface area contributed by atoms with Gasteiger partial charge in [-0.25, -0.2) is 4.79 Å². The summed E-state index contributed by atoms with van der Waals surface area (Å²) in [6, 6.07) is 18.8. The fourth-order valence-electron chi connectivity index (χ4n) is 6.42. The van der Waals surface area contributed by atoms with Gasteiger partial charge in [0.15, 0.2) is 0 Å². The molecule has 6 nitrogen and oxygen atoms in total. The van der Waals surface area contributed by atoms with E-state index in [0.29, 0.717) is 31.5 Å². The smallest absolute Gasteiger partial charge is 0.410 e. The first-order chi connectivity index (χ1) is 18.1. The number of amides is 2. The fraction of sp³-hybridized carbons (Fsp3) is 0.548. The van der Waals surface area contributed by atoms with Gasteiger partial charge in [0.25, 0.3) is 0 Å². The number of hydrogen-bond donors (Lipinski definition) is 0. The van der Waals surface area contributed by atoms with Gasteiger partial charge in [-0.1, -0.05) is 58.4 Å². The van der Waals surface area contributed by atoms with Crippen molar-refractivity contribution in [3.8, 4) is 0 Å². The first kappa shape index (κ1) is 27.2. The van der Waals surface area contributed by atoms with Crippen molar-refractivity contribution in [2.45, 2.75) is 58.1 Å². The number of benzene rings is 2. The molecular weight excluding hydrogens is 542 g/mol. The SMILES string of the molecule is CC(C)(C)OC(=O)N1C[C@H](CN2CCC3(CC2)CCN(Cc2ccc(Br)cc2)C3=O)[C@@H](c2ccccc2)C1. The molecule has 204 valence electrons. The number of carbonyl (C=O) groups excluding carboxylic acids is 2. The van der Waals surface area contributed by atoms with Crippen LogP contribution in [0.4, 0.5) is 4.79 Å². The van der Waals surface area contributed by atoms with E-state index in [4.69, 9.17) is 4.74 Å². The molecule has 5 rings (SSSR count). The molecule has 0 radical (unpaired) electrons. The third-order valence-corrected chi connectivity index (χ3v) is 9.04. The molecule has 3 aliphatic rings. The van der Waals surface area contributed by atoms with Gasteiger partial charge in [-0.3, -0.25) is 4.79 Å². The van der Waals surface area contributed by atoms with Crippen LogP contribution in [0.1, 0.15) is 57.1 Å². The van der Waals surface area contributed by atoms with Crippen LogP contribution in [0, 0.1) is 11.3 Å². The van der Waals surface area contributed by atoms with Crippen LogP contribution in [0.15, 0.2) is 59.1 Å². The molecule has 2 aromatic carbocycles. The second-order valence-corrected chi connectivity index (χ2v) is 13.3. The Labute approximate surface area is 235 Å². The van der Waals surface area contributed by atoms with Gasteiger partial charge >= 0.3 is 6.09 Å². The van der Waals surface area contributed by atoms with Crippen molar-refractivity contribution in [1.29, 1.82) is 0 Å². The summed E-state index contributed by atoms with van der Waals surface area (Å²) in [5.74, 6) is 0.959. The number of ether oxygens (including phenoxy) is 1. The molecule has 0 bridgehead atoms. The average molecular weight is 583 g/mol. The summed E-state index contributed by atoms with van der Waals surface area (Å²) in [4.78, 5) is 32.9. The fourth-order valence-corrected chi connectivity index (χ4v) is 6.69. The predicted octanol–water partition coefficient (Wildman–Crippen LogP) is 5.91. The number of nitrogens with zero attached hydrogens (tertiary/aromatic N) is 3. The summed E-state index contributed by atoms with van der Waals surface area (Å²) < 4.78 is 6.77. The second kappa shape index (κ2) is 11.0. The maximum Gasteiger partial charge on any atom is 0.410 e. The third kappa shape index (κ3) is 6.09. The predicted molar refractivity (Wildman–Crippen MR) is 153 cm³/mol. The van der Waals surface area contributed by atoms with Gasteiger partial charge in [0.2, 0.25) is 5.91 Å². The van der Waals surface area contributed by atoms with Crippen molar-refractivity contribution in [3.63, 3.8) is 0 Å². The minimum Gasteiger partial charge on any atom is -0.444 e. The second-order valence-electron chi connectivity index (χ2n) is 12.3. The van der Waals surface area contributed by atoms with E-state index >= 15 is 0 Å². The Morgan fingerprint density at radius 3 is 2.29 bits per heavy atom. The molecule has 0 N–H and O–H groups in total. The van der Waals surface area contributed by atoms with Crippen LogP contribution in [0.3, 0.4) is 0 Å². The molecular formula is C31H40BrN3O3. The Kier molecular flexibility index (Phi) is 7.88. The molecule has 3 heterocycles. The average Bonchev–Trinajstić information content (AvgIpc) is 3.44. The molecule has 3 saturated heterocycles. The Hall–Kier alpha value is -2.38. The highest BCUT2D eigenvalue weighted by molar-refractivity contribution is 9.10. The van der Waals surface area contributed by atoms with Gasteiger partial charge < -0.3 is 19.4 Å². The minimum atomic E-state index is -0.502. The lowest BCUT2D eigenvalue weighted by Gasteiger charge is -2.39. The lowest BCUT2D eigenvalue weighted by atomic mass is 9.76. The Balaban J connectivity index is 1.20. The van der Waals surface area contributed by atoms with E-state index in [0.717, 1.165) is 49.9 Å². The molecule has 38 heavy (non-hydrogen) atoms. The van der Waals surface area contributed by atoms with Crippen molar-refractivity contribution >= 4 is 27.9 Å². The molecule has 0 aliphatic carbocycles. The summed E-state index contributed by atoms with van der Waals surface area (Å²) in [6.07, 6.45) is 2.57. The van der Waals surface area contributed by atoms with E-state index < -0.39 is 5.60 Å². The maximum absolute atomic E-state index is 13.5. The number of piperidine rings is 1. The van der Waals surface area contributed by atoms with Crippen LogP contribution in [-0.4, -0.2) is 71.6 Å². The lowest BCUT2D eigenvalue weighted by Crippen LogP contribution is -2.46. The number of halogens is 1. The van der Waals surface area contributed by atoms with Crippen molar-refractivity contribution in [3.05, 3.63) is 70.2 Å². The molecule has 2 amide bonds. The monoisotopic (exact) mass is 581 g/mol. The van der Waals surface area contributed by atoms with E-state index in [1.54, 1.807) is 0 Å². The number of hydrogen-bond acceptors (Lipinski definition) is 4. The standard InChI is InChI=1S/C31H40BrN3O3/c1-30(2,3)38-29(37)35-21-25(27(22-35)24-7-5-4-6-8-24)20-33-16-13-31(14-17-33)15-18-34(28(31)36)19-23-9-11-26(32)12-10-23/h4-12,25,27H,13-22H2,1-3H3/t25-,27+/m0/s1. The van der Waals surface area contributed by atoms with E-state index in [2.05, 4.69) is 62.1 Å². The Morgan fingerprint density at radius 2 is 1.63 bits per heavy atom. The highest BCUT2D eigenvalue weighted by atomic mass is 79.9. The van der Waals surface area contributed by atoms with Crippen molar-refractivity contribution < 1.29 is 14.3 Å². The Morgan fingerprint density at radius 1 is 0.974 bits per heavy atom. The van der Waals surface area contributed by atoms with Gasteiger partial charge in [0.1, 0.15) is 5.60 Å². The highest BCUT2D eigenvalue weighted by Gasteiger charge is 2.48. The molecule has 3 aliphatic heterocycles. The van der Waals surface area contributed by atoms with E-state index in [1.807, 2.05) is 43.9 Å². The number of likely N-dealkylation sites (tertiary alicyclic amines) is 3. The number of rotatable bonds is 5. The summed E-state index contributed by atoms with van der Waals surface area (Å²) in [5.41, 5.74) is 1.76. The van der Waals surface area contributed by atoms with Crippen LogP contribution in [0.5, 0.6) is 0 Å². The largest absolute Gasteiger partial charge is 0.444 e. The van der Waals surface area contributed by atoms with Crippen LogP contribution in [-0.2, 0) is 16.1 Å². The zero-order valence-electron chi connectivity index (χ0n) is 22.9. The first-order valence-corrected chi connectivity index (χ1v) is 14.7. The van der Waals surface area contributed by atoms with Gasteiger partial charge in [0.05, 0.1) is 5.41 Å². The summed E-state index contributed by atoms with van der Waals surface area (Å²) in [5, 5.41) is 0. The molecule has 0 unspecified atom stereocenters. The zero-order valence-corrected chi connectivity index (χ0v) is 24.5.